The second kappa shape index (κ2) is 11.0. The van der Waals surface area contributed by atoms with E-state index in [1.54, 1.807) is 48.8 Å². The minimum absolute atomic E-state index is 0.179. The zero-order chi connectivity index (χ0) is 25.6. The molecule has 37 heavy (non-hydrogen) atoms. The molecule has 0 aliphatic rings. The van der Waals surface area contributed by atoms with Crippen LogP contribution in [0.5, 0.6) is 17.4 Å². The zero-order valence-electron chi connectivity index (χ0n) is 20.5. The zero-order valence-corrected chi connectivity index (χ0v) is 20.5. The van der Waals surface area contributed by atoms with Gasteiger partial charge in [-0.15, -0.1) is 5.10 Å². The molecule has 0 amide bonds. The summed E-state index contributed by atoms with van der Waals surface area (Å²) in [5, 5.41) is 14.2. The molecular formula is C27H26N4O6. The van der Waals surface area contributed by atoms with Gasteiger partial charge in [-0.25, -0.2) is 4.98 Å². The minimum Gasteiger partial charge on any atom is -0.493 e. The average molecular weight is 503 g/mol. The summed E-state index contributed by atoms with van der Waals surface area (Å²) < 4.78 is 30.2. The predicted octanol–water partition coefficient (Wildman–Crippen LogP) is 4.54. The van der Waals surface area contributed by atoms with Crippen molar-refractivity contribution in [1.29, 1.82) is 0 Å². The van der Waals surface area contributed by atoms with E-state index in [1.165, 1.54) is 0 Å². The summed E-state index contributed by atoms with van der Waals surface area (Å²) in [5.41, 5.74) is 3.12. The molecule has 10 nitrogen and oxygen atoms in total. The molecule has 4 aromatic heterocycles. The topological polar surface area (TPSA) is 118 Å². The first-order valence-electron chi connectivity index (χ1n) is 11.6. The van der Waals surface area contributed by atoms with Crippen molar-refractivity contribution in [3.8, 4) is 29.0 Å². The van der Waals surface area contributed by atoms with Gasteiger partial charge in [0.05, 0.1) is 32.1 Å². The number of benzene rings is 1. The van der Waals surface area contributed by atoms with E-state index in [-0.39, 0.29) is 19.8 Å². The summed E-state index contributed by atoms with van der Waals surface area (Å²) in [4.78, 5) is 8.59. The summed E-state index contributed by atoms with van der Waals surface area (Å²) in [6.07, 6.45) is 6.83. The fraction of sp³-hybridized carbons (Fsp3) is 0.222. The molecule has 190 valence electrons. The van der Waals surface area contributed by atoms with Crippen LogP contribution >= 0.6 is 0 Å². The number of aromatic nitrogens is 4. The maximum Gasteiger partial charge on any atom is 0.263 e. The molecular weight excluding hydrogens is 476 g/mol. The van der Waals surface area contributed by atoms with Crippen molar-refractivity contribution < 1.29 is 28.2 Å². The number of ether oxygens (including phenoxy) is 3. The summed E-state index contributed by atoms with van der Waals surface area (Å²) in [6, 6.07) is 12.9. The largest absolute Gasteiger partial charge is 0.493 e. The first-order valence-corrected chi connectivity index (χ1v) is 11.6. The molecule has 0 bridgehead atoms. The second-order valence-corrected chi connectivity index (χ2v) is 8.24. The van der Waals surface area contributed by atoms with Crippen molar-refractivity contribution in [2.75, 3.05) is 7.11 Å². The van der Waals surface area contributed by atoms with E-state index < -0.39 is 0 Å². The molecule has 1 N–H and O–H groups in total. The normalized spacial score (nSPS) is 11.0. The number of methoxy groups -OCH3 is 1. The lowest BCUT2D eigenvalue weighted by atomic mass is 10.2. The third-order valence-corrected chi connectivity index (χ3v) is 5.63. The molecule has 0 fully saturated rings. The van der Waals surface area contributed by atoms with Crippen molar-refractivity contribution in [3.05, 3.63) is 95.5 Å². The summed E-state index contributed by atoms with van der Waals surface area (Å²) in [6.45, 7) is 2.62. The number of hydrogen-bond donors (Lipinski definition) is 1. The van der Waals surface area contributed by atoms with Gasteiger partial charge in [0, 0.05) is 18.6 Å². The van der Waals surface area contributed by atoms with E-state index in [4.69, 9.17) is 23.0 Å². The smallest absolute Gasteiger partial charge is 0.263 e. The van der Waals surface area contributed by atoms with Crippen molar-refractivity contribution in [1.82, 2.24) is 19.7 Å². The lowest BCUT2D eigenvalue weighted by Gasteiger charge is -2.12. The van der Waals surface area contributed by atoms with Crippen LogP contribution in [-0.2, 0) is 26.4 Å². The van der Waals surface area contributed by atoms with Gasteiger partial charge >= 0.3 is 0 Å². The van der Waals surface area contributed by atoms with Crippen LogP contribution in [0.2, 0.25) is 0 Å². The molecule has 0 aliphatic carbocycles. The Morgan fingerprint density at radius 3 is 2.70 bits per heavy atom. The first-order chi connectivity index (χ1) is 18.1. The lowest BCUT2D eigenvalue weighted by molar-refractivity contribution is 0.253. The monoisotopic (exact) mass is 502 g/mol. The molecule has 0 aliphatic heterocycles. The van der Waals surface area contributed by atoms with E-state index >= 15 is 0 Å². The molecule has 0 saturated carbocycles. The van der Waals surface area contributed by atoms with Crippen molar-refractivity contribution in [3.63, 3.8) is 0 Å². The Hall–Kier alpha value is -4.57. The van der Waals surface area contributed by atoms with Gasteiger partial charge in [-0.2, -0.15) is 0 Å². The Bertz CT molecular complexity index is 1440. The van der Waals surface area contributed by atoms with Gasteiger partial charge < -0.3 is 28.2 Å². The number of aliphatic hydroxyl groups excluding tert-OH is 1. The van der Waals surface area contributed by atoms with Crippen LogP contribution in [-0.4, -0.2) is 32.0 Å². The molecule has 5 rings (SSSR count). The minimum atomic E-state index is -0.179. The Morgan fingerprint density at radius 1 is 1.03 bits per heavy atom. The van der Waals surface area contributed by atoms with E-state index in [0.717, 1.165) is 11.1 Å². The fourth-order valence-corrected chi connectivity index (χ4v) is 3.72. The third-order valence-electron chi connectivity index (χ3n) is 5.63. The van der Waals surface area contributed by atoms with Crippen LogP contribution < -0.4 is 14.2 Å². The van der Waals surface area contributed by atoms with E-state index in [1.807, 2.05) is 37.3 Å². The molecule has 4 heterocycles. The number of hydrogen-bond acceptors (Lipinski definition) is 9. The van der Waals surface area contributed by atoms with Crippen molar-refractivity contribution in [2.45, 2.75) is 33.3 Å². The van der Waals surface area contributed by atoms with Crippen LogP contribution in [0.3, 0.4) is 0 Å². The fourth-order valence-electron chi connectivity index (χ4n) is 3.72. The van der Waals surface area contributed by atoms with E-state index in [9.17, 15) is 5.11 Å². The molecule has 0 unspecified atom stereocenters. The number of furan rings is 1. The molecule has 1 aromatic carbocycles. The number of nitrogens with zero attached hydrogens (tertiary/aromatic N) is 4. The maximum atomic E-state index is 9.74. The lowest BCUT2D eigenvalue weighted by Crippen LogP contribution is -2.03. The van der Waals surface area contributed by atoms with Gasteiger partial charge in [0.1, 0.15) is 24.7 Å². The highest BCUT2D eigenvalue weighted by atomic mass is 16.5. The molecule has 0 spiro atoms. The molecule has 10 heteroatoms. The van der Waals surface area contributed by atoms with Crippen LogP contribution in [0, 0.1) is 6.92 Å². The highest BCUT2D eigenvalue weighted by Gasteiger charge is 2.16. The Labute approximate surface area is 213 Å². The Balaban J connectivity index is 1.23. The molecule has 0 radical (unpaired) electrons. The van der Waals surface area contributed by atoms with Gasteiger partial charge in [-0.05, 0) is 48.4 Å². The van der Waals surface area contributed by atoms with E-state index in [2.05, 4.69) is 15.1 Å². The summed E-state index contributed by atoms with van der Waals surface area (Å²) >= 11 is 0. The molecule has 5 aromatic rings. The maximum absolute atomic E-state index is 9.74. The number of aliphatic hydroxyl groups is 1. The van der Waals surface area contributed by atoms with Crippen LogP contribution in [0.4, 0.5) is 0 Å². The van der Waals surface area contributed by atoms with Gasteiger partial charge in [0.15, 0.2) is 17.3 Å². The predicted molar refractivity (Wildman–Crippen MR) is 132 cm³/mol. The van der Waals surface area contributed by atoms with Gasteiger partial charge in [-0.1, -0.05) is 12.1 Å². The first kappa shape index (κ1) is 24.1. The third kappa shape index (κ3) is 5.65. The number of oxazole rings is 1. The van der Waals surface area contributed by atoms with Gasteiger partial charge in [0.25, 0.3) is 5.89 Å². The van der Waals surface area contributed by atoms with Crippen molar-refractivity contribution >= 4 is 0 Å². The Morgan fingerprint density at radius 2 is 1.95 bits per heavy atom. The van der Waals surface area contributed by atoms with E-state index in [0.29, 0.717) is 52.6 Å². The average Bonchev–Trinajstić information content (AvgIpc) is 3.67. The summed E-state index contributed by atoms with van der Waals surface area (Å²) in [7, 11) is 1.58. The quantitative estimate of drug-likeness (QED) is 0.278. The Kier molecular flexibility index (Phi) is 7.18. The summed E-state index contributed by atoms with van der Waals surface area (Å²) in [5.74, 6) is 3.11. The SMILES string of the molecule is COc1cc(COc2nn(Cc3cccnc3)cc2CO)ccc1OCc1nc(-c2ccco2)oc1C. The second-order valence-electron chi connectivity index (χ2n) is 8.24. The number of pyridine rings is 1. The van der Waals surface area contributed by atoms with Gasteiger partial charge in [-0.3, -0.25) is 9.67 Å². The number of aryl methyl sites for hydroxylation is 1. The standard InChI is InChI=1S/C27H26N4O6/c1-18-22(29-27(37-18)24-6-4-10-34-24)17-35-23-8-7-19(11-25(23)33-2)16-36-26-21(15-32)14-31(30-26)13-20-5-3-9-28-12-20/h3-12,14,32H,13,15-17H2,1-2H3. The highest BCUT2D eigenvalue weighted by Crippen LogP contribution is 2.30. The molecule has 0 saturated heterocycles. The molecule has 0 atom stereocenters. The van der Waals surface area contributed by atoms with Crippen LogP contribution in [0.1, 0.15) is 28.1 Å². The highest BCUT2D eigenvalue weighted by molar-refractivity contribution is 5.45. The van der Waals surface area contributed by atoms with Gasteiger partial charge in [0.2, 0.25) is 5.88 Å². The van der Waals surface area contributed by atoms with Crippen LogP contribution in [0.25, 0.3) is 11.7 Å². The van der Waals surface area contributed by atoms with Crippen molar-refractivity contribution in [2.24, 2.45) is 0 Å². The van der Waals surface area contributed by atoms with Crippen LogP contribution in [0.15, 0.2) is 76.2 Å². The number of rotatable bonds is 11.